The van der Waals surface area contributed by atoms with Crippen LogP contribution in [0.4, 0.5) is 5.69 Å². The van der Waals surface area contributed by atoms with E-state index in [-0.39, 0.29) is 11.7 Å². The highest BCUT2D eigenvalue weighted by atomic mass is 35.5. The highest BCUT2D eigenvalue weighted by molar-refractivity contribution is 7.99. The second-order valence-electron chi connectivity index (χ2n) is 7.36. The molecule has 0 aliphatic heterocycles. The van der Waals surface area contributed by atoms with E-state index in [1.54, 1.807) is 6.07 Å². The maximum atomic E-state index is 12.5. The number of carbonyl (C=O) groups excluding carboxylic acids is 1. The number of hydrogen-bond acceptors (Lipinski definition) is 4. The van der Waals surface area contributed by atoms with Crippen LogP contribution in [0.5, 0.6) is 0 Å². The molecular weight excluding hydrogens is 440 g/mol. The Morgan fingerprint density at radius 2 is 1.91 bits per heavy atom. The minimum Gasteiger partial charge on any atom is -0.325 e. The number of fused-ring (bicyclic) bond motifs is 1. The minimum absolute atomic E-state index is 0.121. The van der Waals surface area contributed by atoms with Crippen molar-refractivity contribution in [2.24, 2.45) is 0 Å². The summed E-state index contributed by atoms with van der Waals surface area (Å²) in [5.74, 6) is 0.939. The minimum atomic E-state index is -0.121. The van der Waals surface area contributed by atoms with Gasteiger partial charge in [0.2, 0.25) is 5.91 Å². The van der Waals surface area contributed by atoms with Gasteiger partial charge >= 0.3 is 0 Å². The number of nitrogens with one attached hydrogen (secondary N) is 1. The van der Waals surface area contributed by atoms with Gasteiger partial charge < -0.3 is 9.88 Å². The Morgan fingerprint density at radius 3 is 2.75 bits per heavy atom. The van der Waals surface area contributed by atoms with Crippen LogP contribution in [-0.4, -0.2) is 26.4 Å². The Kier molecular flexibility index (Phi) is 6.93. The van der Waals surface area contributed by atoms with Crippen molar-refractivity contribution in [2.75, 3.05) is 11.1 Å². The Hall–Kier alpha value is -3.09. The number of carbonyl (C=O) groups is 1. The van der Waals surface area contributed by atoms with Crippen LogP contribution in [0.25, 0.3) is 10.8 Å². The zero-order valence-electron chi connectivity index (χ0n) is 17.7. The average molecular weight is 463 g/mol. The van der Waals surface area contributed by atoms with Gasteiger partial charge in [-0.2, -0.15) is 0 Å². The average Bonchev–Trinajstić information content (AvgIpc) is 3.17. The normalized spacial score (nSPS) is 10.9. The van der Waals surface area contributed by atoms with Gasteiger partial charge in [0.1, 0.15) is 5.82 Å². The van der Waals surface area contributed by atoms with Crippen molar-refractivity contribution in [3.63, 3.8) is 0 Å². The molecule has 3 aromatic carbocycles. The van der Waals surface area contributed by atoms with Crippen LogP contribution in [-0.2, 0) is 17.8 Å². The maximum absolute atomic E-state index is 12.5. The number of amides is 1. The second kappa shape index (κ2) is 10.0. The molecule has 0 saturated carbocycles. The van der Waals surface area contributed by atoms with Gasteiger partial charge in [-0.15, -0.1) is 16.8 Å². The van der Waals surface area contributed by atoms with E-state index in [1.165, 1.54) is 28.1 Å². The number of thioether (sulfide) groups is 1. The van der Waals surface area contributed by atoms with Crippen LogP contribution >= 0.6 is 23.4 Å². The lowest BCUT2D eigenvalue weighted by atomic mass is 10.0. The summed E-state index contributed by atoms with van der Waals surface area (Å²) < 4.78 is 2.01. The van der Waals surface area contributed by atoms with Crippen molar-refractivity contribution in [3.05, 3.63) is 95.3 Å². The fourth-order valence-corrected chi connectivity index (χ4v) is 4.49. The Labute approximate surface area is 196 Å². The number of benzene rings is 3. The van der Waals surface area contributed by atoms with E-state index in [1.807, 2.05) is 41.8 Å². The summed E-state index contributed by atoms with van der Waals surface area (Å²) in [6.45, 7) is 6.32. The molecule has 1 heterocycles. The number of nitrogens with zero attached hydrogens (tertiary/aromatic N) is 3. The first-order chi connectivity index (χ1) is 15.6. The molecule has 4 rings (SSSR count). The first kappa shape index (κ1) is 22.1. The molecule has 0 unspecified atom stereocenters. The molecule has 5 nitrogen and oxygen atoms in total. The summed E-state index contributed by atoms with van der Waals surface area (Å²) in [4.78, 5) is 12.5. The largest absolute Gasteiger partial charge is 0.325 e. The number of aromatic nitrogens is 3. The fraction of sp³-hybridized carbons (Fsp3) is 0.160. The first-order valence-electron chi connectivity index (χ1n) is 10.2. The third-order valence-corrected chi connectivity index (χ3v) is 6.58. The van der Waals surface area contributed by atoms with Gasteiger partial charge in [-0.05, 0) is 41.0 Å². The molecule has 1 N–H and O–H groups in total. The molecule has 1 amide bonds. The highest BCUT2D eigenvalue weighted by Gasteiger charge is 2.15. The number of allylic oxidation sites excluding steroid dienone is 1. The molecule has 1 aromatic heterocycles. The van der Waals surface area contributed by atoms with E-state index in [2.05, 4.69) is 52.4 Å². The molecule has 0 saturated heterocycles. The maximum Gasteiger partial charge on any atom is 0.234 e. The quantitative estimate of drug-likeness (QED) is 0.261. The zero-order chi connectivity index (χ0) is 22.5. The molecule has 0 atom stereocenters. The van der Waals surface area contributed by atoms with Crippen molar-refractivity contribution < 1.29 is 4.79 Å². The molecule has 0 bridgehead atoms. The van der Waals surface area contributed by atoms with E-state index >= 15 is 0 Å². The van der Waals surface area contributed by atoms with Gasteiger partial charge in [-0.25, -0.2) is 0 Å². The fourth-order valence-electron chi connectivity index (χ4n) is 3.55. The summed E-state index contributed by atoms with van der Waals surface area (Å²) in [6.07, 6.45) is 2.46. The second-order valence-corrected chi connectivity index (χ2v) is 8.71. The molecular formula is C25H23ClN4OS. The lowest BCUT2D eigenvalue weighted by Gasteiger charge is -2.11. The molecule has 162 valence electrons. The van der Waals surface area contributed by atoms with Crippen LogP contribution in [0, 0.1) is 6.92 Å². The lowest BCUT2D eigenvalue weighted by molar-refractivity contribution is -0.113. The van der Waals surface area contributed by atoms with Crippen molar-refractivity contribution in [3.8, 4) is 0 Å². The smallest absolute Gasteiger partial charge is 0.234 e. The molecule has 32 heavy (non-hydrogen) atoms. The van der Waals surface area contributed by atoms with Gasteiger partial charge in [0, 0.05) is 23.7 Å². The Balaban J connectivity index is 1.50. The van der Waals surface area contributed by atoms with Gasteiger partial charge in [0.25, 0.3) is 0 Å². The molecule has 0 radical (unpaired) electrons. The monoisotopic (exact) mass is 462 g/mol. The summed E-state index contributed by atoms with van der Waals surface area (Å²) >= 11 is 7.50. The Morgan fingerprint density at radius 1 is 1.12 bits per heavy atom. The van der Waals surface area contributed by atoms with Crippen LogP contribution in [0.1, 0.15) is 17.0 Å². The highest BCUT2D eigenvalue weighted by Crippen LogP contribution is 2.25. The Bertz CT molecular complexity index is 1280. The standard InChI is InChI=1S/C25H23ClN4OS/c1-3-14-30-23(15-19-10-6-9-18-8-4-5-11-20(18)19)28-29-25(30)32-16-24(31)27-22-13-7-12-21(26)17(22)2/h3-13H,1,14-16H2,2H3,(H,27,31). The number of halogens is 1. The predicted molar refractivity (Wildman–Crippen MR) is 133 cm³/mol. The lowest BCUT2D eigenvalue weighted by Crippen LogP contribution is -2.15. The summed E-state index contributed by atoms with van der Waals surface area (Å²) in [5, 5.41) is 15.4. The van der Waals surface area contributed by atoms with Crippen molar-refractivity contribution in [1.82, 2.24) is 14.8 Å². The van der Waals surface area contributed by atoms with Gasteiger partial charge in [-0.1, -0.05) is 78.0 Å². The first-order valence-corrected chi connectivity index (χ1v) is 11.6. The van der Waals surface area contributed by atoms with Crippen LogP contribution in [0.15, 0.2) is 78.5 Å². The van der Waals surface area contributed by atoms with Crippen molar-refractivity contribution >= 4 is 45.7 Å². The van der Waals surface area contributed by atoms with E-state index in [4.69, 9.17) is 11.6 Å². The van der Waals surface area contributed by atoms with E-state index < -0.39 is 0 Å². The predicted octanol–water partition coefficient (Wildman–Crippen LogP) is 5.90. The van der Waals surface area contributed by atoms with E-state index in [0.29, 0.717) is 28.8 Å². The van der Waals surface area contributed by atoms with Crippen LogP contribution < -0.4 is 5.32 Å². The summed E-state index contributed by atoms with van der Waals surface area (Å²) in [5.41, 5.74) is 2.75. The topological polar surface area (TPSA) is 59.8 Å². The molecule has 0 spiro atoms. The number of anilines is 1. The van der Waals surface area contributed by atoms with Gasteiger partial charge in [-0.3, -0.25) is 4.79 Å². The molecule has 0 aliphatic carbocycles. The third-order valence-electron chi connectivity index (χ3n) is 5.21. The summed E-state index contributed by atoms with van der Waals surface area (Å²) in [7, 11) is 0. The molecule has 4 aromatic rings. The summed E-state index contributed by atoms with van der Waals surface area (Å²) in [6, 6.07) is 20.0. The van der Waals surface area contributed by atoms with E-state index in [0.717, 1.165) is 11.4 Å². The molecule has 7 heteroatoms. The van der Waals surface area contributed by atoms with Gasteiger partial charge in [0.05, 0.1) is 5.75 Å². The third kappa shape index (κ3) is 4.87. The van der Waals surface area contributed by atoms with Crippen molar-refractivity contribution in [2.45, 2.75) is 25.0 Å². The van der Waals surface area contributed by atoms with Gasteiger partial charge in [0.15, 0.2) is 5.16 Å². The van der Waals surface area contributed by atoms with Crippen molar-refractivity contribution in [1.29, 1.82) is 0 Å². The number of hydrogen-bond donors (Lipinski definition) is 1. The van der Waals surface area contributed by atoms with Crippen LogP contribution in [0.2, 0.25) is 5.02 Å². The van der Waals surface area contributed by atoms with E-state index in [9.17, 15) is 4.79 Å². The zero-order valence-corrected chi connectivity index (χ0v) is 19.3. The molecule has 0 fully saturated rings. The van der Waals surface area contributed by atoms with Crippen LogP contribution in [0.3, 0.4) is 0 Å². The SMILES string of the molecule is C=CCn1c(Cc2cccc3ccccc23)nnc1SCC(=O)Nc1cccc(Cl)c1C. The molecule has 0 aliphatic rings. The number of rotatable bonds is 8.